The van der Waals surface area contributed by atoms with E-state index in [1.807, 2.05) is 36.4 Å². The number of amides is 1. The van der Waals surface area contributed by atoms with Crippen molar-refractivity contribution in [2.24, 2.45) is 0 Å². The minimum absolute atomic E-state index is 0.0523. The van der Waals surface area contributed by atoms with Crippen LogP contribution in [0.15, 0.2) is 42.5 Å². The van der Waals surface area contributed by atoms with Gasteiger partial charge in [-0.05, 0) is 50.1 Å². The number of nitrogens with zero attached hydrogens (tertiary/aromatic N) is 1. The van der Waals surface area contributed by atoms with Gasteiger partial charge in [0.05, 0.1) is 24.5 Å². The van der Waals surface area contributed by atoms with E-state index >= 15 is 0 Å². The molecule has 2 aromatic rings. The first kappa shape index (κ1) is 19.4. The minimum Gasteiger partial charge on any atom is -0.379 e. The number of benzene rings is 2. The van der Waals surface area contributed by atoms with Gasteiger partial charge in [0.15, 0.2) is 0 Å². The third-order valence-corrected chi connectivity index (χ3v) is 5.27. The van der Waals surface area contributed by atoms with E-state index in [-0.39, 0.29) is 11.9 Å². The Morgan fingerprint density at radius 3 is 2.56 bits per heavy atom. The van der Waals surface area contributed by atoms with Gasteiger partial charge in [-0.25, -0.2) is 0 Å². The van der Waals surface area contributed by atoms with E-state index in [1.165, 1.54) is 11.1 Å². The number of hydrogen-bond acceptors (Lipinski definition) is 4. The summed E-state index contributed by atoms with van der Waals surface area (Å²) >= 11 is 0. The maximum absolute atomic E-state index is 12.8. The number of hydrogen-bond donors (Lipinski definition) is 2. The summed E-state index contributed by atoms with van der Waals surface area (Å²) in [6.07, 6.45) is 0. The Kier molecular flexibility index (Phi) is 6.48. The van der Waals surface area contributed by atoms with Gasteiger partial charge in [-0.15, -0.1) is 0 Å². The van der Waals surface area contributed by atoms with Crippen molar-refractivity contribution in [3.05, 3.63) is 59.2 Å². The molecule has 27 heavy (non-hydrogen) atoms. The first-order valence-corrected chi connectivity index (χ1v) is 9.58. The normalized spacial score (nSPS) is 16.0. The second-order valence-corrected chi connectivity index (χ2v) is 7.13. The molecule has 3 rings (SSSR count). The topological polar surface area (TPSA) is 53.6 Å². The van der Waals surface area contributed by atoms with Crippen LogP contribution in [0.5, 0.6) is 0 Å². The fraction of sp³-hybridized carbons (Fsp3) is 0.409. The van der Waals surface area contributed by atoms with Gasteiger partial charge >= 0.3 is 0 Å². The fourth-order valence-corrected chi connectivity index (χ4v) is 3.30. The Morgan fingerprint density at radius 1 is 1.07 bits per heavy atom. The summed E-state index contributed by atoms with van der Waals surface area (Å²) < 4.78 is 5.40. The highest BCUT2D eigenvalue weighted by Crippen LogP contribution is 2.25. The third-order valence-electron chi connectivity index (χ3n) is 5.27. The molecule has 0 saturated carbocycles. The molecule has 1 atom stereocenters. The van der Waals surface area contributed by atoms with Crippen LogP contribution in [0.1, 0.15) is 28.4 Å². The lowest BCUT2D eigenvalue weighted by Crippen LogP contribution is -2.47. The molecule has 1 heterocycles. The second kappa shape index (κ2) is 9.02. The number of ether oxygens (including phenoxy) is 1. The van der Waals surface area contributed by atoms with E-state index in [1.54, 1.807) is 0 Å². The van der Waals surface area contributed by atoms with Crippen LogP contribution in [-0.2, 0) is 4.74 Å². The first-order chi connectivity index (χ1) is 13.1. The quantitative estimate of drug-likeness (QED) is 0.821. The predicted octanol–water partition coefficient (Wildman–Crippen LogP) is 3.50. The maximum Gasteiger partial charge on any atom is 0.253 e. The van der Waals surface area contributed by atoms with Crippen molar-refractivity contribution in [2.75, 3.05) is 38.2 Å². The van der Waals surface area contributed by atoms with Gasteiger partial charge in [0, 0.05) is 31.4 Å². The average molecular weight is 367 g/mol. The molecule has 0 aromatic heterocycles. The zero-order valence-electron chi connectivity index (χ0n) is 16.4. The molecular weight excluding hydrogens is 338 g/mol. The zero-order valence-corrected chi connectivity index (χ0v) is 16.4. The standard InChI is InChI=1S/C22H29N3O2/c1-16-7-6-10-20(18(16)3)24-21-9-5-4-8-19(21)22(26)23-15-17(2)25-11-13-27-14-12-25/h4-10,17,24H,11-15H2,1-3H3,(H,23,26). The molecule has 1 fully saturated rings. The van der Waals surface area contributed by atoms with Crippen molar-refractivity contribution in [1.29, 1.82) is 0 Å². The van der Waals surface area contributed by atoms with Gasteiger partial charge in [0.25, 0.3) is 5.91 Å². The summed E-state index contributed by atoms with van der Waals surface area (Å²) in [5.74, 6) is -0.0523. The molecule has 0 bridgehead atoms. The largest absolute Gasteiger partial charge is 0.379 e. The number of nitrogens with one attached hydrogen (secondary N) is 2. The molecule has 0 radical (unpaired) electrons. The van der Waals surface area contributed by atoms with Crippen LogP contribution in [0.4, 0.5) is 11.4 Å². The van der Waals surface area contributed by atoms with Crippen LogP contribution in [0.25, 0.3) is 0 Å². The summed E-state index contributed by atoms with van der Waals surface area (Å²) in [5.41, 5.74) is 4.92. The number of carbonyl (C=O) groups is 1. The second-order valence-electron chi connectivity index (χ2n) is 7.13. The number of rotatable bonds is 6. The number of morpholine rings is 1. The summed E-state index contributed by atoms with van der Waals surface area (Å²) in [4.78, 5) is 15.2. The summed E-state index contributed by atoms with van der Waals surface area (Å²) in [6.45, 7) is 10.3. The number of carbonyl (C=O) groups excluding carboxylic acids is 1. The lowest BCUT2D eigenvalue weighted by Gasteiger charge is -2.32. The van der Waals surface area contributed by atoms with Gasteiger partial charge in [-0.1, -0.05) is 24.3 Å². The van der Waals surface area contributed by atoms with Crippen molar-refractivity contribution in [3.63, 3.8) is 0 Å². The molecule has 5 heteroatoms. The average Bonchev–Trinajstić information content (AvgIpc) is 2.70. The molecule has 2 aromatic carbocycles. The third kappa shape index (κ3) is 4.87. The molecule has 144 valence electrons. The monoisotopic (exact) mass is 367 g/mol. The summed E-state index contributed by atoms with van der Waals surface area (Å²) in [5, 5.41) is 6.51. The Hall–Kier alpha value is -2.37. The molecule has 2 N–H and O–H groups in total. The number of anilines is 2. The van der Waals surface area contributed by atoms with E-state index in [9.17, 15) is 4.79 Å². The molecule has 1 amide bonds. The van der Waals surface area contributed by atoms with Gasteiger partial charge in [-0.3, -0.25) is 9.69 Å². The van der Waals surface area contributed by atoms with Crippen LogP contribution in [0, 0.1) is 13.8 Å². The van der Waals surface area contributed by atoms with Crippen LogP contribution in [0.2, 0.25) is 0 Å². The van der Waals surface area contributed by atoms with E-state index in [0.717, 1.165) is 37.7 Å². The van der Waals surface area contributed by atoms with Crippen LogP contribution in [-0.4, -0.2) is 49.7 Å². The Balaban J connectivity index is 1.67. The maximum atomic E-state index is 12.8. The van der Waals surface area contributed by atoms with E-state index in [0.29, 0.717) is 12.1 Å². The molecule has 0 spiro atoms. The van der Waals surface area contributed by atoms with Crippen molar-refractivity contribution in [3.8, 4) is 0 Å². The lowest BCUT2D eigenvalue weighted by molar-refractivity contribution is 0.0204. The van der Waals surface area contributed by atoms with E-state index < -0.39 is 0 Å². The summed E-state index contributed by atoms with van der Waals surface area (Å²) in [6, 6.07) is 14.1. The van der Waals surface area contributed by atoms with Crippen molar-refractivity contribution in [1.82, 2.24) is 10.2 Å². The van der Waals surface area contributed by atoms with Crippen molar-refractivity contribution >= 4 is 17.3 Å². The van der Waals surface area contributed by atoms with Crippen LogP contribution in [0.3, 0.4) is 0 Å². The number of para-hydroxylation sites is 1. The number of aryl methyl sites for hydroxylation is 1. The Bertz CT molecular complexity index is 785. The highest BCUT2D eigenvalue weighted by molar-refractivity contribution is 6.00. The van der Waals surface area contributed by atoms with Crippen molar-refractivity contribution in [2.45, 2.75) is 26.8 Å². The Labute approximate surface area is 161 Å². The predicted molar refractivity (Wildman–Crippen MR) is 110 cm³/mol. The molecule has 0 aliphatic carbocycles. The highest BCUT2D eigenvalue weighted by atomic mass is 16.5. The smallest absolute Gasteiger partial charge is 0.253 e. The fourth-order valence-electron chi connectivity index (χ4n) is 3.30. The highest BCUT2D eigenvalue weighted by Gasteiger charge is 2.18. The van der Waals surface area contributed by atoms with Gasteiger partial charge in [0.1, 0.15) is 0 Å². The molecule has 5 nitrogen and oxygen atoms in total. The van der Waals surface area contributed by atoms with Gasteiger partial charge < -0.3 is 15.4 Å². The molecule has 1 saturated heterocycles. The molecule has 1 unspecified atom stereocenters. The molecule has 1 aliphatic heterocycles. The van der Waals surface area contributed by atoms with Crippen LogP contribution >= 0.6 is 0 Å². The van der Waals surface area contributed by atoms with Crippen LogP contribution < -0.4 is 10.6 Å². The summed E-state index contributed by atoms with van der Waals surface area (Å²) in [7, 11) is 0. The molecule has 1 aliphatic rings. The van der Waals surface area contributed by atoms with Gasteiger partial charge in [0.2, 0.25) is 0 Å². The molecular formula is C22H29N3O2. The minimum atomic E-state index is -0.0523. The van der Waals surface area contributed by atoms with Crippen molar-refractivity contribution < 1.29 is 9.53 Å². The lowest BCUT2D eigenvalue weighted by atomic mass is 10.1. The first-order valence-electron chi connectivity index (χ1n) is 9.58. The van der Waals surface area contributed by atoms with E-state index in [2.05, 4.69) is 42.4 Å². The van der Waals surface area contributed by atoms with Gasteiger partial charge in [-0.2, -0.15) is 0 Å². The Morgan fingerprint density at radius 2 is 1.78 bits per heavy atom. The SMILES string of the molecule is Cc1cccc(Nc2ccccc2C(=O)NCC(C)N2CCOCC2)c1C. The van der Waals surface area contributed by atoms with E-state index in [4.69, 9.17) is 4.74 Å². The zero-order chi connectivity index (χ0) is 19.2.